The van der Waals surface area contributed by atoms with Crippen molar-refractivity contribution in [2.75, 3.05) is 33.7 Å². The first-order chi connectivity index (χ1) is 17.2. The van der Waals surface area contributed by atoms with Crippen LogP contribution in [0.1, 0.15) is 5.56 Å². The number of rotatable bonds is 8. The van der Waals surface area contributed by atoms with Gasteiger partial charge in [0.05, 0.1) is 19.8 Å². The number of hydrogen-bond acceptors (Lipinski definition) is 10. The van der Waals surface area contributed by atoms with Crippen molar-refractivity contribution in [3.63, 3.8) is 0 Å². The number of ether oxygens (including phenoxy) is 4. The highest BCUT2D eigenvalue weighted by atomic mass is 32.3. The van der Waals surface area contributed by atoms with Crippen LogP contribution in [0.2, 0.25) is 0 Å². The quantitative estimate of drug-likeness (QED) is 0.403. The van der Waals surface area contributed by atoms with Crippen molar-refractivity contribution in [2.45, 2.75) is 0 Å². The Bertz CT molecular complexity index is 1400. The maximum Gasteiger partial charge on any atom is 0.283 e. The summed E-state index contributed by atoms with van der Waals surface area (Å²) in [7, 11) is -0.521. The molecule has 188 valence electrons. The summed E-state index contributed by atoms with van der Waals surface area (Å²) >= 11 is 0.732. The largest absolute Gasteiger partial charge is 0.497 e. The fraction of sp³-hybridized carbons (Fsp3) is 0.217. The number of fused-ring (bicyclic) bond motifs is 1. The predicted molar refractivity (Wildman–Crippen MR) is 137 cm³/mol. The molecule has 0 saturated heterocycles. The van der Waals surface area contributed by atoms with Gasteiger partial charge in [-0.2, -0.15) is 10.0 Å². The predicted octanol–water partition coefficient (Wildman–Crippen LogP) is 2.78. The highest BCUT2D eigenvalue weighted by molar-refractivity contribution is 8.42. The summed E-state index contributed by atoms with van der Waals surface area (Å²) < 4.78 is 45.3. The van der Waals surface area contributed by atoms with E-state index in [0.717, 1.165) is 28.8 Å². The summed E-state index contributed by atoms with van der Waals surface area (Å²) in [5.41, 5.74) is 0.515. The molecule has 0 atom stereocenters. The number of hydrazone groups is 1. The lowest BCUT2D eigenvalue weighted by atomic mass is 10.1. The molecule has 13 heteroatoms. The Balaban J connectivity index is 1.44. The lowest BCUT2D eigenvalue weighted by Crippen LogP contribution is -2.35. The third kappa shape index (κ3) is 5.52. The molecule has 2 aliphatic rings. The summed E-state index contributed by atoms with van der Waals surface area (Å²) in [5.74, 6) is 1.37. The van der Waals surface area contributed by atoms with Crippen LogP contribution in [0, 0.1) is 5.41 Å². The Labute approximate surface area is 211 Å². The fourth-order valence-electron chi connectivity index (χ4n) is 3.17. The molecule has 2 heterocycles. The molecule has 2 aromatic rings. The average molecular weight is 531 g/mol. The maximum atomic E-state index is 12.5. The number of nitrogens with one attached hydrogen (secondary N) is 1. The second-order valence-corrected chi connectivity index (χ2v) is 10.6. The SMILES string of the molecule is COc1ccc(OCCOc2ccc(/C=C3/C(=N)N4N=C(S(C)(=O)=O)SC4=NC3=O)cc2OC)cc1. The van der Waals surface area contributed by atoms with E-state index in [1.807, 2.05) is 0 Å². The molecular weight excluding hydrogens is 508 g/mol. The van der Waals surface area contributed by atoms with Gasteiger partial charge in [0.2, 0.25) is 19.4 Å². The molecule has 0 aliphatic carbocycles. The maximum absolute atomic E-state index is 12.5. The van der Waals surface area contributed by atoms with Crippen molar-refractivity contribution in [3.8, 4) is 23.0 Å². The summed E-state index contributed by atoms with van der Waals surface area (Å²) in [6.07, 6.45) is 2.46. The Kier molecular flexibility index (Phi) is 7.31. The lowest BCUT2D eigenvalue weighted by Gasteiger charge is -2.20. The summed E-state index contributed by atoms with van der Waals surface area (Å²) in [5, 5.41) is 13.3. The van der Waals surface area contributed by atoms with Gasteiger partial charge in [-0.3, -0.25) is 10.2 Å². The third-order valence-corrected chi connectivity index (χ3v) is 7.50. The van der Waals surface area contributed by atoms with Crippen LogP contribution >= 0.6 is 11.8 Å². The van der Waals surface area contributed by atoms with E-state index in [1.165, 1.54) is 13.2 Å². The van der Waals surface area contributed by atoms with Crippen molar-refractivity contribution in [1.82, 2.24) is 5.01 Å². The molecule has 4 rings (SSSR count). The molecule has 0 bridgehead atoms. The van der Waals surface area contributed by atoms with Crippen molar-refractivity contribution < 1.29 is 32.2 Å². The van der Waals surface area contributed by atoms with E-state index in [1.54, 1.807) is 49.6 Å². The van der Waals surface area contributed by atoms with Crippen LogP contribution in [-0.4, -0.2) is 68.4 Å². The number of carbonyl (C=O) groups is 1. The highest BCUT2D eigenvalue weighted by Crippen LogP contribution is 2.32. The van der Waals surface area contributed by atoms with E-state index in [0.29, 0.717) is 29.4 Å². The first-order valence-corrected chi connectivity index (χ1v) is 13.2. The Hall–Kier alpha value is -3.84. The van der Waals surface area contributed by atoms with Gasteiger partial charge in [0, 0.05) is 6.26 Å². The number of hydrogen-bond donors (Lipinski definition) is 1. The van der Waals surface area contributed by atoms with Crippen LogP contribution in [0.5, 0.6) is 23.0 Å². The van der Waals surface area contributed by atoms with E-state index >= 15 is 0 Å². The molecule has 0 aromatic heterocycles. The van der Waals surface area contributed by atoms with Gasteiger partial charge >= 0.3 is 0 Å². The zero-order valence-corrected chi connectivity index (χ0v) is 21.2. The number of carbonyl (C=O) groups excluding carboxylic acids is 1. The van der Waals surface area contributed by atoms with Crippen molar-refractivity contribution in [3.05, 3.63) is 53.6 Å². The minimum atomic E-state index is -3.60. The smallest absolute Gasteiger partial charge is 0.283 e. The van der Waals surface area contributed by atoms with Gasteiger partial charge in [-0.15, -0.1) is 5.10 Å². The van der Waals surface area contributed by atoms with Crippen LogP contribution in [0.25, 0.3) is 6.08 Å². The summed E-state index contributed by atoms with van der Waals surface area (Å²) in [6, 6.07) is 12.2. The number of amides is 1. The Morgan fingerprint density at radius 3 is 2.36 bits per heavy atom. The normalized spacial score (nSPS) is 16.4. The molecule has 0 fully saturated rings. The minimum absolute atomic E-state index is 0.0285. The second-order valence-electron chi connectivity index (χ2n) is 7.44. The molecule has 36 heavy (non-hydrogen) atoms. The van der Waals surface area contributed by atoms with Crippen molar-refractivity contribution in [2.24, 2.45) is 10.1 Å². The van der Waals surface area contributed by atoms with E-state index in [-0.39, 0.29) is 27.6 Å². The highest BCUT2D eigenvalue weighted by Gasteiger charge is 2.38. The number of methoxy groups -OCH3 is 2. The number of sulfone groups is 1. The van der Waals surface area contributed by atoms with Crippen LogP contribution in [0.4, 0.5) is 0 Å². The number of benzene rings is 2. The van der Waals surface area contributed by atoms with E-state index in [9.17, 15) is 13.2 Å². The van der Waals surface area contributed by atoms with Gasteiger partial charge in [0.25, 0.3) is 5.91 Å². The van der Waals surface area contributed by atoms with Gasteiger partial charge in [0.1, 0.15) is 24.7 Å². The zero-order valence-electron chi connectivity index (χ0n) is 19.5. The van der Waals surface area contributed by atoms with Crippen LogP contribution in [-0.2, 0) is 14.6 Å². The van der Waals surface area contributed by atoms with Crippen LogP contribution in [0.15, 0.2) is 58.1 Å². The summed E-state index contributed by atoms with van der Waals surface area (Å²) in [4.78, 5) is 16.4. The summed E-state index contributed by atoms with van der Waals surface area (Å²) in [6.45, 7) is 0.563. The fourth-order valence-corrected chi connectivity index (χ4v) is 4.85. The van der Waals surface area contributed by atoms with Gasteiger partial charge in [-0.25, -0.2) is 8.42 Å². The van der Waals surface area contributed by atoms with Crippen LogP contribution in [0.3, 0.4) is 0 Å². The molecule has 11 nitrogen and oxygen atoms in total. The molecular formula is C23H22N4O7S2. The second kappa shape index (κ2) is 10.4. The molecule has 0 spiro atoms. The number of amidine groups is 2. The van der Waals surface area contributed by atoms with E-state index in [4.69, 9.17) is 24.4 Å². The van der Waals surface area contributed by atoms with E-state index in [2.05, 4.69) is 10.1 Å². The molecule has 2 aromatic carbocycles. The van der Waals surface area contributed by atoms with Gasteiger partial charge < -0.3 is 18.9 Å². The van der Waals surface area contributed by atoms with Crippen molar-refractivity contribution in [1.29, 1.82) is 5.41 Å². The van der Waals surface area contributed by atoms with E-state index < -0.39 is 15.7 Å². The Morgan fingerprint density at radius 1 is 1.00 bits per heavy atom. The number of nitrogens with zero attached hydrogens (tertiary/aromatic N) is 3. The standard InChI is InChI=1S/C23H22N4O7S2/c1-31-15-5-7-16(8-6-15)33-10-11-34-18-9-4-14(13-19(18)32-2)12-17-20(24)27-22(25-21(17)28)35-23(26-27)36(3,29)30/h4-9,12-13,24H,10-11H2,1-3H3/b17-12-,24-20?. The first kappa shape index (κ1) is 25.3. The Morgan fingerprint density at radius 2 is 1.69 bits per heavy atom. The molecule has 1 amide bonds. The molecule has 0 saturated carbocycles. The topological polar surface area (TPSA) is 140 Å². The zero-order chi connectivity index (χ0) is 25.9. The third-order valence-electron chi connectivity index (χ3n) is 4.92. The molecule has 0 unspecified atom stereocenters. The first-order valence-electron chi connectivity index (χ1n) is 10.5. The molecule has 2 aliphatic heterocycles. The average Bonchev–Trinajstić information content (AvgIpc) is 3.30. The van der Waals surface area contributed by atoms with Gasteiger partial charge in [0.15, 0.2) is 17.3 Å². The van der Waals surface area contributed by atoms with Gasteiger partial charge in [-0.05, 0) is 59.8 Å². The molecule has 1 N–H and O–H groups in total. The number of aliphatic imine (C=N–C) groups is 1. The lowest BCUT2D eigenvalue weighted by molar-refractivity contribution is -0.114. The van der Waals surface area contributed by atoms with Crippen molar-refractivity contribution >= 4 is 49.0 Å². The minimum Gasteiger partial charge on any atom is -0.497 e. The molecule has 0 radical (unpaired) electrons. The van der Waals surface area contributed by atoms with Gasteiger partial charge in [-0.1, -0.05) is 6.07 Å². The number of thioether (sulfide) groups is 1. The van der Waals surface area contributed by atoms with Crippen LogP contribution < -0.4 is 18.9 Å². The monoisotopic (exact) mass is 530 g/mol.